The predicted octanol–water partition coefficient (Wildman–Crippen LogP) is 1.97. The fraction of sp³-hybridized carbons (Fsp3) is 0.632. The van der Waals surface area contributed by atoms with Crippen molar-refractivity contribution in [2.75, 3.05) is 18.0 Å². The molecule has 2 unspecified atom stereocenters. The van der Waals surface area contributed by atoms with Gasteiger partial charge in [-0.2, -0.15) is 5.10 Å². The summed E-state index contributed by atoms with van der Waals surface area (Å²) in [7, 11) is 0. The summed E-state index contributed by atoms with van der Waals surface area (Å²) >= 11 is 0. The summed E-state index contributed by atoms with van der Waals surface area (Å²) in [5.41, 5.74) is 0. The molecule has 2 atom stereocenters. The maximum absolute atomic E-state index is 12.7. The lowest BCUT2D eigenvalue weighted by molar-refractivity contribution is -0.126. The van der Waals surface area contributed by atoms with Crippen LogP contribution in [-0.2, 0) is 4.79 Å². The maximum atomic E-state index is 12.7. The first-order valence-electron chi connectivity index (χ1n) is 9.93. The highest BCUT2D eigenvalue weighted by atomic mass is 16.2. The first kappa shape index (κ1) is 17.9. The Bertz CT molecular complexity index is 755. The van der Waals surface area contributed by atoms with E-state index in [9.17, 15) is 4.79 Å². The SMILES string of the molecule is CC1CCCCC1NC(=O)C1CCN(c2cc(-n3cncn3)ncn2)CC1. The van der Waals surface area contributed by atoms with Crippen LogP contribution in [0, 0.1) is 11.8 Å². The standard InChI is InChI=1S/C19H27N7O/c1-14-4-2-3-5-16(14)24-19(27)15-6-8-25(9-7-15)17-10-18(22-12-21-17)26-13-20-11-23-26/h10-16H,2-9H2,1H3,(H,24,27). The van der Waals surface area contributed by atoms with Gasteiger partial charge in [0.05, 0.1) is 0 Å². The average molecular weight is 369 g/mol. The topological polar surface area (TPSA) is 88.8 Å². The molecule has 1 saturated carbocycles. The molecule has 8 heteroatoms. The number of hydrogen-bond donors (Lipinski definition) is 1. The molecule has 2 aliphatic rings. The second-order valence-corrected chi connectivity index (χ2v) is 7.71. The lowest BCUT2D eigenvalue weighted by atomic mass is 9.85. The van der Waals surface area contributed by atoms with Crippen LogP contribution in [0.5, 0.6) is 0 Å². The van der Waals surface area contributed by atoms with Gasteiger partial charge in [0.2, 0.25) is 5.91 Å². The third-order valence-electron chi connectivity index (χ3n) is 5.92. The molecule has 27 heavy (non-hydrogen) atoms. The van der Waals surface area contributed by atoms with Crippen LogP contribution in [0.25, 0.3) is 5.82 Å². The van der Waals surface area contributed by atoms with Gasteiger partial charge < -0.3 is 10.2 Å². The number of hydrogen-bond acceptors (Lipinski definition) is 6. The number of aromatic nitrogens is 5. The summed E-state index contributed by atoms with van der Waals surface area (Å²) in [5, 5.41) is 7.43. The van der Waals surface area contributed by atoms with Crippen LogP contribution in [0.1, 0.15) is 45.4 Å². The third-order valence-corrected chi connectivity index (χ3v) is 5.92. The molecule has 1 N–H and O–H groups in total. The number of piperidine rings is 1. The van der Waals surface area contributed by atoms with Crippen molar-refractivity contribution in [1.82, 2.24) is 30.0 Å². The Morgan fingerprint density at radius 3 is 2.59 bits per heavy atom. The van der Waals surface area contributed by atoms with Crippen LogP contribution in [0.15, 0.2) is 25.0 Å². The zero-order valence-electron chi connectivity index (χ0n) is 15.8. The molecule has 0 radical (unpaired) electrons. The van der Waals surface area contributed by atoms with Crippen molar-refractivity contribution < 1.29 is 4.79 Å². The van der Waals surface area contributed by atoms with Crippen LogP contribution in [0.2, 0.25) is 0 Å². The van der Waals surface area contributed by atoms with E-state index in [1.54, 1.807) is 17.3 Å². The largest absolute Gasteiger partial charge is 0.356 e. The molecule has 2 fully saturated rings. The Morgan fingerprint density at radius 2 is 1.85 bits per heavy atom. The Balaban J connectivity index is 1.33. The summed E-state index contributed by atoms with van der Waals surface area (Å²) in [6.07, 6.45) is 11.2. The van der Waals surface area contributed by atoms with Crippen molar-refractivity contribution in [2.24, 2.45) is 11.8 Å². The van der Waals surface area contributed by atoms with Crippen molar-refractivity contribution in [3.8, 4) is 5.82 Å². The number of carbonyl (C=O) groups excluding carboxylic acids is 1. The molecule has 4 rings (SSSR count). The summed E-state index contributed by atoms with van der Waals surface area (Å²) < 4.78 is 1.62. The van der Waals surface area contributed by atoms with Gasteiger partial charge in [-0.15, -0.1) is 0 Å². The highest BCUT2D eigenvalue weighted by molar-refractivity contribution is 5.79. The molecular weight excluding hydrogens is 342 g/mol. The molecule has 2 aromatic heterocycles. The minimum absolute atomic E-state index is 0.104. The Morgan fingerprint density at radius 1 is 1.07 bits per heavy atom. The molecule has 8 nitrogen and oxygen atoms in total. The zero-order chi connectivity index (χ0) is 18.6. The minimum Gasteiger partial charge on any atom is -0.356 e. The molecule has 0 aromatic carbocycles. The summed E-state index contributed by atoms with van der Waals surface area (Å²) in [6.45, 7) is 3.91. The molecule has 1 saturated heterocycles. The van der Waals surface area contributed by atoms with Gasteiger partial charge in [0.1, 0.15) is 24.8 Å². The number of nitrogens with zero attached hydrogens (tertiary/aromatic N) is 6. The Hall–Kier alpha value is -2.51. The molecule has 0 spiro atoms. The predicted molar refractivity (Wildman–Crippen MR) is 101 cm³/mol. The van der Waals surface area contributed by atoms with E-state index in [4.69, 9.17) is 0 Å². The molecule has 0 bridgehead atoms. The van der Waals surface area contributed by atoms with Crippen molar-refractivity contribution in [3.63, 3.8) is 0 Å². The lowest BCUT2D eigenvalue weighted by Crippen LogP contribution is -2.46. The van der Waals surface area contributed by atoms with E-state index in [-0.39, 0.29) is 11.8 Å². The molecule has 1 aliphatic heterocycles. The monoisotopic (exact) mass is 369 g/mol. The van der Waals surface area contributed by atoms with Crippen LogP contribution in [-0.4, -0.2) is 49.8 Å². The van der Waals surface area contributed by atoms with Gasteiger partial charge in [0.25, 0.3) is 0 Å². The van der Waals surface area contributed by atoms with E-state index in [2.05, 4.69) is 37.2 Å². The average Bonchev–Trinajstić information content (AvgIpc) is 3.25. The van der Waals surface area contributed by atoms with E-state index in [0.717, 1.165) is 38.2 Å². The zero-order valence-corrected chi connectivity index (χ0v) is 15.8. The Kier molecular flexibility index (Phi) is 5.31. The van der Waals surface area contributed by atoms with Crippen molar-refractivity contribution >= 4 is 11.7 Å². The van der Waals surface area contributed by atoms with Crippen molar-refractivity contribution in [3.05, 3.63) is 25.0 Å². The van der Waals surface area contributed by atoms with Gasteiger partial charge in [-0.3, -0.25) is 4.79 Å². The maximum Gasteiger partial charge on any atom is 0.223 e. The summed E-state index contributed by atoms with van der Waals surface area (Å²) in [5.74, 6) is 2.50. The number of carbonyl (C=O) groups is 1. The highest BCUT2D eigenvalue weighted by Crippen LogP contribution is 2.26. The second-order valence-electron chi connectivity index (χ2n) is 7.71. The quantitative estimate of drug-likeness (QED) is 0.886. The van der Waals surface area contributed by atoms with Gasteiger partial charge in [-0.1, -0.05) is 19.8 Å². The summed E-state index contributed by atoms with van der Waals surface area (Å²) in [4.78, 5) is 27.5. The molecule has 1 amide bonds. The fourth-order valence-corrected chi connectivity index (χ4v) is 4.16. The number of amides is 1. The van der Waals surface area contributed by atoms with Gasteiger partial charge in [0.15, 0.2) is 5.82 Å². The Labute approximate surface area is 159 Å². The van der Waals surface area contributed by atoms with Crippen LogP contribution < -0.4 is 10.2 Å². The van der Waals surface area contributed by atoms with Crippen molar-refractivity contribution in [1.29, 1.82) is 0 Å². The van der Waals surface area contributed by atoms with E-state index in [1.807, 2.05) is 6.07 Å². The molecule has 144 valence electrons. The fourth-order valence-electron chi connectivity index (χ4n) is 4.16. The van der Waals surface area contributed by atoms with Crippen LogP contribution in [0.3, 0.4) is 0 Å². The van der Waals surface area contributed by atoms with E-state index >= 15 is 0 Å². The second kappa shape index (κ2) is 8.02. The summed E-state index contributed by atoms with van der Waals surface area (Å²) in [6, 6.07) is 2.27. The first-order chi connectivity index (χ1) is 13.2. The van der Waals surface area contributed by atoms with Crippen molar-refractivity contribution in [2.45, 2.75) is 51.5 Å². The van der Waals surface area contributed by atoms with Gasteiger partial charge in [-0.05, 0) is 31.6 Å². The highest BCUT2D eigenvalue weighted by Gasteiger charge is 2.29. The normalized spacial score (nSPS) is 24.0. The van der Waals surface area contributed by atoms with E-state index in [1.165, 1.54) is 25.6 Å². The molecule has 3 heterocycles. The molecule has 1 aliphatic carbocycles. The third kappa shape index (κ3) is 4.09. The number of nitrogens with one attached hydrogen (secondary N) is 1. The van der Waals surface area contributed by atoms with Gasteiger partial charge >= 0.3 is 0 Å². The van der Waals surface area contributed by atoms with Crippen LogP contribution in [0.4, 0.5) is 5.82 Å². The van der Waals surface area contributed by atoms with Gasteiger partial charge in [-0.25, -0.2) is 19.6 Å². The van der Waals surface area contributed by atoms with Gasteiger partial charge in [0, 0.05) is 31.1 Å². The minimum atomic E-state index is 0.104. The van der Waals surface area contributed by atoms with E-state index in [0.29, 0.717) is 17.8 Å². The lowest BCUT2D eigenvalue weighted by Gasteiger charge is -2.35. The molecule has 2 aromatic rings. The number of rotatable bonds is 4. The van der Waals surface area contributed by atoms with E-state index < -0.39 is 0 Å². The van der Waals surface area contributed by atoms with Crippen LogP contribution >= 0.6 is 0 Å². The first-order valence-corrected chi connectivity index (χ1v) is 9.93. The smallest absolute Gasteiger partial charge is 0.223 e. The molecular formula is C19H27N7O. The number of anilines is 1.